The van der Waals surface area contributed by atoms with Crippen LogP contribution in [-0.2, 0) is 10.0 Å². The molecule has 1 aromatic heterocycles. The number of sulfonamides is 1. The van der Waals surface area contributed by atoms with E-state index in [1.807, 2.05) is 6.92 Å². The molecule has 0 amide bonds. The first-order chi connectivity index (χ1) is 8.09. The highest BCUT2D eigenvalue weighted by Crippen LogP contribution is 2.12. The van der Waals surface area contributed by atoms with Gasteiger partial charge in [0.25, 0.3) is 10.0 Å². The first-order valence-corrected chi connectivity index (χ1v) is 7.33. The molecule has 0 bridgehead atoms. The summed E-state index contributed by atoms with van der Waals surface area (Å²) in [4.78, 5) is 0. The molecule has 2 rings (SSSR count). The summed E-state index contributed by atoms with van der Waals surface area (Å²) in [6.07, 6.45) is 4.75. The largest absolute Gasteiger partial charge is 0.312 e. The summed E-state index contributed by atoms with van der Waals surface area (Å²) in [5.41, 5.74) is 0. The maximum Gasteiger partial charge on any atom is 0.257 e. The van der Waals surface area contributed by atoms with Crippen LogP contribution in [0.25, 0.3) is 0 Å². The molecule has 0 aliphatic carbocycles. The number of piperidine rings is 1. The maximum atomic E-state index is 11.9. The van der Waals surface area contributed by atoms with Crippen LogP contribution in [0.3, 0.4) is 0 Å². The average Bonchev–Trinajstić information content (AvgIpc) is 2.84. The van der Waals surface area contributed by atoms with Crippen molar-refractivity contribution in [2.45, 2.75) is 43.3 Å². The molecule has 2 atom stereocenters. The second-order valence-corrected chi connectivity index (χ2v) is 6.07. The normalized spacial score (nSPS) is 23.5. The van der Waals surface area contributed by atoms with Crippen LogP contribution in [0.2, 0.25) is 0 Å². The van der Waals surface area contributed by atoms with Gasteiger partial charge in [0, 0.05) is 12.1 Å². The van der Waals surface area contributed by atoms with Gasteiger partial charge in [-0.15, -0.1) is 0 Å². The van der Waals surface area contributed by atoms with E-state index in [1.165, 1.54) is 12.3 Å². The maximum absolute atomic E-state index is 11.9. The van der Waals surface area contributed by atoms with Crippen LogP contribution >= 0.6 is 0 Å². The molecule has 1 saturated heterocycles. The molecule has 1 fully saturated rings. The molecular formula is C10H18N4O2S. The first-order valence-electron chi connectivity index (χ1n) is 5.85. The number of nitrogens with one attached hydrogen (secondary N) is 3. The predicted molar refractivity (Wildman–Crippen MR) is 64.0 cm³/mol. The van der Waals surface area contributed by atoms with Gasteiger partial charge < -0.3 is 5.32 Å². The second-order valence-electron chi connectivity index (χ2n) is 4.39. The minimum absolute atomic E-state index is 0.111. The molecule has 17 heavy (non-hydrogen) atoms. The summed E-state index contributed by atoms with van der Waals surface area (Å²) in [7, 11) is -3.47. The highest BCUT2D eigenvalue weighted by atomic mass is 32.2. The van der Waals surface area contributed by atoms with E-state index in [2.05, 4.69) is 20.2 Å². The Morgan fingerprint density at radius 2 is 2.35 bits per heavy atom. The summed E-state index contributed by atoms with van der Waals surface area (Å²) in [5, 5.41) is 9.56. The van der Waals surface area contributed by atoms with Gasteiger partial charge in [0.2, 0.25) is 0 Å². The summed E-state index contributed by atoms with van der Waals surface area (Å²) in [6.45, 7) is 2.84. The lowest BCUT2D eigenvalue weighted by Crippen LogP contribution is -2.50. The highest BCUT2D eigenvalue weighted by molar-refractivity contribution is 7.89. The van der Waals surface area contributed by atoms with Crippen LogP contribution in [0.1, 0.15) is 26.2 Å². The molecule has 1 aliphatic rings. The van der Waals surface area contributed by atoms with Gasteiger partial charge in [0.05, 0.1) is 6.20 Å². The molecule has 0 spiro atoms. The van der Waals surface area contributed by atoms with E-state index in [4.69, 9.17) is 0 Å². The molecule has 0 radical (unpaired) electrons. The monoisotopic (exact) mass is 258 g/mol. The Morgan fingerprint density at radius 3 is 2.94 bits per heavy atom. The number of aromatic nitrogens is 2. The van der Waals surface area contributed by atoms with Crippen molar-refractivity contribution in [3.63, 3.8) is 0 Å². The van der Waals surface area contributed by atoms with E-state index in [0.717, 1.165) is 25.8 Å². The first kappa shape index (κ1) is 12.5. The minimum Gasteiger partial charge on any atom is -0.312 e. The molecule has 0 saturated carbocycles. The van der Waals surface area contributed by atoms with Crippen LogP contribution in [0.4, 0.5) is 0 Å². The van der Waals surface area contributed by atoms with Crippen molar-refractivity contribution >= 4 is 10.0 Å². The fraction of sp³-hybridized carbons (Fsp3) is 0.700. The standard InChI is InChI=1S/C10H18N4O2S/c1-8(9-4-2-3-6-11-9)14-17(15,16)10-5-7-12-13-10/h5,7-9,11,14H,2-4,6H2,1H3,(H,12,13). The highest BCUT2D eigenvalue weighted by Gasteiger charge is 2.25. The molecule has 1 aliphatic heterocycles. The lowest BCUT2D eigenvalue weighted by molar-refractivity contribution is 0.347. The lowest BCUT2D eigenvalue weighted by Gasteiger charge is -2.29. The Morgan fingerprint density at radius 1 is 1.53 bits per heavy atom. The molecule has 3 N–H and O–H groups in total. The number of rotatable bonds is 4. The summed E-state index contributed by atoms with van der Waals surface area (Å²) in [5.74, 6) is 0. The smallest absolute Gasteiger partial charge is 0.257 e. The molecule has 96 valence electrons. The van der Waals surface area contributed by atoms with Crippen molar-refractivity contribution in [3.05, 3.63) is 12.3 Å². The Labute approximate surface area is 101 Å². The molecular weight excluding hydrogens is 240 g/mol. The molecule has 6 nitrogen and oxygen atoms in total. The van der Waals surface area contributed by atoms with Crippen LogP contribution < -0.4 is 10.0 Å². The van der Waals surface area contributed by atoms with E-state index >= 15 is 0 Å². The Hall–Kier alpha value is -0.920. The Balaban J connectivity index is 2.00. The zero-order valence-corrected chi connectivity index (χ0v) is 10.6. The van der Waals surface area contributed by atoms with Crippen LogP contribution in [0.15, 0.2) is 17.3 Å². The zero-order valence-electron chi connectivity index (χ0n) is 9.81. The van der Waals surface area contributed by atoms with Gasteiger partial charge in [-0.1, -0.05) is 6.42 Å². The third kappa shape index (κ3) is 3.05. The topological polar surface area (TPSA) is 86.9 Å². The minimum atomic E-state index is -3.47. The summed E-state index contributed by atoms with van der Waals surface area (Å²) in [6, 6.07) is 1.54. The number of hydrogen-bond acceptors (Lipinski definition) is 4. The van der Waals surface area contributed by atoms with Crippen LogP contribution in [0.5, 0.6) is 0 Å². The van der Waals surface area contributed by atoms with Gasteiger partial charge in [0.1, 0.15) is 0 Å². The predicted octanol–water partition coefficient (Wildman–Crippen LogP) is 0.219. The third-order valence-corrected chi connectivity index (χ3v) is 4.55. The van der Waals surface area contributed by atoms with Crippen molar-refractivity contribution < 1.29 is 8.42 Å². The third-order valence-electron chi connectivity index (χ3n) is 3.06. The van der Waals surface area contributed by atoms with E-state index in [0.29, 0.717) is 0 Å². The molecule has 2 unspecified atom stereocenters. The van der Waals surface area contributed by atoms with Gasteiger partial charge in [-0.05, 0) is 32.4 Å². The van der Waals surface area contributed by atoms with E-state index < -0.39 is 10.0 Å². The Bertz CT molecular complexity index is 437. The summed E-state index contributed by atoms with van der Waals surface area (Å²) >= 11 is 0. The molecule has 7 heteroatoms. The van der Waals surface area contributed by atoms with Crippen molar-refractivity contribution in [2.75, 3.05) is 6.54 Å². The van der Waals surface area contributed by atoms with Gasteiger partial charge in [-0.3, -0.25) is 5.10 Å². The average molecular weight is 258 g/mol. The van der Waals surface area contributed by atoms with Gasteiger partial charge in [-0.25, -0.2) is 13.1 Å². The van der Waals surface area contributed by atoms with E-state index in [1.54, 1.807) is 0 Å². The van der Waals surface area contributed by atoms with Gasteiger partial charge in [0.15, 0.2) is 5.03 Å². The van der Waals surface area contributed by atoms with Crippen LogP contribution in [0, 0.1) is 0 Å². The van der Waals surface area contributed by atoms with Gasteiger partial charge >= 0.3 is 0 Å². The van der Waals surface area contributed by atoms with E-state index in [9.17, 15) is 8.42 Å². The van der Waals surface area contributed by atoms with Gasteiger partial charge in [-0.2, -0.15) is 5.10 Å². The molecule has 0 aromatic carbocycles. The zero-order chi connectivity index (χ0) is 12.3. The fourth-order valence-corrected chi connectivity index (χ4v) is 3.28. The van der Waals surface area contributed by atoms with Crippen molar-refractivity contribution in [1.29, 1.82) is 0 Å². The number of hydrogen-bond donors (Lipinski definition) is 3. The SMILES string of the molecule is CC(NS(=O)(=O)c1ccn[nH]1)C1CCCCN1. The van der Waals surface area contributed by atoms with Crippen molar-refractivity contribution in [2.24, 2.45) is 0 Å². The number of aromatic amines is 1. The quantitative estimate of drug-likeness (QED) is 0.721. The molecule has 2 heterocycles. The molecule has 1 aromatic rings. The summed E-state index contributed by atoms with van der Waals surface area (Å²) < 4.78 is 26.5. The number of nitrogens with zero attached hydrogens (tertiary/aromatic N) is 1. The second kappa shape index (κ2) is 5.16. The van der Waals surface area contributed by atoms with Crippen molar-refractivity contribution in [3.8, 4) is 0 Å². The lowest BCUT2D eigenvalue weighted by atomic mass is 10.00. The van der Waals surface area contributed by atoms with Crippen molar-refractivity contribution in [1.82, 2.24) is 20.2 Å². The van der Waals surface area contributed by atoms with E-state index in [-0.39, 0.29) is 17.1 Å². The fourth-order valence-electron chi connectivity index (χ4n) is 2.09. The van der Waals surface area contributed by atoms with Crippen LogP contribution in [-0.4, -0.2) is 37.2 Å². The Kier molecular flexibility index (Phi) is 3.80. The number of H-pyrrole nitrogens is 1.